The quantitative estimate of drug-likeness (QED) is 0.563. The minimum Gasteiger partial charge on any atom is -0.314 e. The second-order valence-corrected chi connectivity index (χ2v) is 4.10. The van der Waals surface area contributed by atoms with Crippen molar-refractivity contribution in [2.75, 3.05) is 6.54 Å². The van der Waals surface area contributed by atoms with Crippen LogP contribution in [-0.2, 0) is 0 Å². The van der Waals surface area contributed by atoms with E-state index in [1.165, 1.54) is 51.5 Å². The van der Waals surface area contributed by atoms with Crippen LogP contribution in [0.25, 0.3) is 0 Å². The third kappa shape index (κ3) is 1.76. The minimum atomic E-state index is 0.895. The zero-order valence-corrected chi connectivity index (χ0v) is 7.31. The van der Waals surface area contributed by atoms with Crippen molar-refractivity contribution in [3.05, 3.63) is 0 Å². The Morgan fingerprint density at radius 3 is 2.45 bits per heavy atom. The van der Waals surface area contributed by atoms with Crippen LogP contribution in [0.1, 0.15) is 44.9 Å². The Labute approximate surface area is 69.6 Å². The Morgan fingerprint density at radius 2 is 1.55 bits per heavy atom. The maximum atomic E-state index is 3.68. The molecule has 0 spiro atoms. The van der Waals surface area contributed by atoms with Crippen molar-refractivity contribution in [2.45, 2.75) is 51.0 Å². The molecule has 0 bridgehead atoms. The molecule has 1 aliphatic heterocycles. The number of rotatable bonds is 0. The highest BCUT2D eigenvalue weighted by molar-refractivity contribution is 4.82. The molecule has 2 atom stereocenters. The molecule has 64 valence electrons. The zero-order valence-electron chi connectivity index (χ0n) is 7.31. The van der Waals surface area contributed by atoms with Gasteiger partial charge in [0.15, 0.2) is 0 Å². The average Bonchev–Trinajstić information content (AvgIpc) is 2.28. The molecule has 1 N–H and O–H groups in total. The minimum absolute atomic E-state index is 0.895. The first kappa shape index (κ1) is 7.60. The van der Waals surface area contributed by atoms with Gasteiger partial charge in [-0.1, -0.05) is 19.3 Å². The number of hydrogen-bond acceptors (Lipinski definition) is 1. The lowest BCUT2D eigenvalue weighted by atomic mass is 9.82. The fraction of sp³-hybridized carbons (Fsp3) is 1.00. The van der Waals surface area contributed by atoms with Gasteiger partial charge in [0.2, 0.25) is 0 Å². The maximum Gasteiger partial charge on any atom is 0.00953 e. The maximum absolute atomic E-state index is 3.68. The van der Waals surface area contributed by atoms with Crippen molar-refractivity contribution in [2.24, 2.45) is 5.92 Å². The molecular formula is C10H19N. The highest BCUT2D eigenvalue weighted by atomic mass is 14.9. The Morgan fingerprint density at radius 1 is 0.818 bits per heavy atom. The van der Waals surface area contributed by atoms with Gasteiger partial charge in [-0.05, 0) is 38.1 Å². The summed E-state index contributed by atoms with van der Waals surface area (Å²) in [6, 6.07) is 0.895. The molecule has 0 aromatic carbocycles. The first-order valence-corrected chi connectivity index (χ1v) is 5.20. The van der Waals surface area contributed by atoms with Crippen LogP contribution in [0, 0.1) is 5.92 Å². The van der Waals surface area contributed by atoms with Gasteiger partial charge in [-0.25, -0.2) is 0 Å². The number of fused-ring (bicyclic) bond motifs is 1. The first-order valence-electron chi connectivity index (χ1n) is 5.20. The zero-order chi connectivity index (χ0) is 7.52. The smallest absolute Gasteiger partial charge is 0.00953 e. The molecule has 0 radical (unpaired) electrons. The van der Waals surface area contributed by atoms with Gasteiger partial charge < -0.3 is 5.32 Å². The average molecular weight is 153 g/mol. The van der Waals surface area contributed by atoms with E-state index in [-0.39, 0.29) is 0 Å². The Hall–Kier alpha value is -0.0400. The molecule has 1 heterocycles. The van der Waals surface area contributed by atoms with Gasteiger partial charge in [-0.15, -0.1) is 0 Å². The lowest BCUT2D eigenvalue weighted by Gasteiger charge is -2.30. The van der Waals surface area contributed by atoms with Crippen molar-refractivity contribution in [3.63, 3.8) is 0 Å². The van der Waals surface area contributed by atoms with Gasteiger partial charge >= 0.3 is 0 Å². The fourth-order valence-corrected chi connectivity index (χ4v) is 2.64. The van der Waals surface area contributed by atoms with E-state index in [0.29, 0.717) is 0 Å². The summed E-state index contributed by atoms with van der Waals surface area (Å²) >= 11 is 0. The summed E-state index contributed by atoms with van der Waals surface area (Å²) in [6.07, 6.45) is 10.3. The molecule has 0 unspecified atom stereocenters. The molecule has 11 heavy (non-hydrogen) atoms. The molecule has 1 heteroatoms. The summed E-state index contributed by atoms with van der Waals surface area (Å²) in [5.41, 5.74) is 0. The van der Waals surface area contributed by atoms with E-state index < -0.39 is 0 Å². The van der Waals surface area contributed by atoms with Crippen LogP contribution < -0.4 is 5.32 Å². The Bertz CT molecular complexity index is 108. The monoisotopic (exact) mass is 153 g/mol. The first-order chi connectivity index (χ1) is 5.47. The van der Waals surface area contributed by atoms with E-state index in [1.807, 2.05) is 0 Å². The Balaban J connectivity index is 1.93. The molecule has 0 amide bonds. The lowest BCUT2D eigenvalue weighted by Crippen LogP contribution is -2.36. The van der Waals surface area contributed by atoms with E-state index in [9.17, 15) is 0 Å². The highest BCUT2D eigenvalue weighted by Gasteiger charge is 2.25. The second kappa shape index (κ2) is 3.57. The standard InChI is InChI=1S/C10H19N/c1-2-7-10-9(5-1)6-3-4-8-11-10/h9-11H,1-8H2/t9-,10-/m1/s1. The molecule has 0 aromatic heterocycles. The van der Waals surface area contributed by atoms with E-state index in [4.69, 9.17) is 0 Å². The van der Waals surface area contributed by atoms with E-state index in [1.54, 1.807) is 0 Å². The van der Waals surface area contributed by atoms with Crippen LogP contribution in [0.3, 0.4) is 0 Å². The summed E-state index contributed by atoms with van der Waals surface area (Å²) in [4.78, 5) is 0. The number of nitrogens with one attached hydrogen (secondary N) is 1. The van der Waals surface area contributed by atoms with Crippen molar-refractivity contribution >= 4 is 0 Å². The summed E-state index contributed by atoms with van der Waals surface area (Å²) in [5.74, 6) is 1.03. The SMILES string of the molecule is C1CC[C@H]2CCCC[C@H]2NC1. The molecule has 1 nitrogen and oxygen atoms in total. The van der Waals surface area contributed by atoms with Crippen molar-refractivity contribution < 1.29 is 0 Å². The third-order valence-corrected chi connectivity index (χ3v) is 3.32. The molecule has 1 aliphatic carbocycles. The van der Waals surface area contributed by atoms with Crippen molar-refractivity contribution in [1.82, 2.24) is 5.32 Å². The molecular weight excluding hydrogens is 134 g/mol. The molecule has 2 rings (SSSR count). The summed E-state index contributed by atoms with van der Waals surface area (Å²) in [5, 5.41) is 3.68. The van der Waals surface area contributed by atoms with Crippen LogP contribution in [0.4, 0.5) is 0 Å². The predicted molar refractivity (Wildman–Crippen MR) is 47.6 cm³/mol. The molecule has 1 saturated heterocycles. The van der Waals surface area contributed by atoms with Crippen LogP contribution in [-0.4, -0.2) is 12.6 Å². The van der Waals surface area contributed by atoms with Gasteiger partial charge in [-0.2, -0.15) is 0 Å². The van der Waals surface area contributed by atoms with E-state index in [2.05, 4.69) is 5.32 Å². The van der Waals surface area contributed by atoms with Crippen LogP contribution in [0.2, 0.25) is 0 Å². The Kier molecular flexibility index (Phi) is 2.47. The highest BCUT2D eigenvalue weighted by Crippen LogP contribution is 2.29. The van der Waals surface area contributed by atoms with Gasteiger partial charge in [0.25, 0.3) is 0 Å². The fourth-order valence-electron chi connectivity index (χ4n) is 2.64. The van der Waals surface area contributed by atoms with Gasteiger partial charge in [-0.3, -0.25) is 0 Å². The van der Waals surface area contributed by atoms with Crippen molar-refractivity contribution in [3.8, 4) is 0 Å². The predicted octanol–water partition coefficient (Wildman–Crippen LogP) is 2.32. The van der Waals surface area contributed by atoms with Gasteiger partial charge in [0.05, 0.1) is 0 Å². The molecule has 0 aromatic rings. The van der Waals surface area contributed by atoms with Crippen molar-refractivity contribution in [1.29, 1.82) is 0 Å². The molecule has 2 fully saturated rings. The summed E-state index contributed by atoms with van der Waals surface area (Å²) in [7, 11) is 0. The van der Waals surface area contributed by atoms with Crippen LogP contribution in [0.15, 0.2) is 0 Å². The topological polar surface area (TPSA) is 12.0 Å². The van der Waals surface area contributed by atoms with Gasteiger partial charge in [0, 0.05) is 6.04 Å². The second-order valence-electron chi connectivity index (χ2n) is 4.10. The lowest BCUT2D eigenvalue weighted by molar-refractivity contribution is 0.267. The normalized spacial score (nSPS) is 39.3. The van der Waals surface area contributed by atoms with Gasteiger partial charge in [0.1, 0.15) is 0 Å². The largest absolute Gasteiger partial charge is 0.314 e. The van der Waals surface area contributed by atoms with Crippen LogP contribution >= 0.6 is 0 Å². The number of hydrogen-bond donors (Lipinski definition) is 1. The molecule has 2 aliphatic rings. The summed E-state index contributed by atoms with van der Waals surface area (Å²) in [6.45, 7) is 1.28. The van der Waals surface area contributed by atoms with E-state index in [0.717, 1.165) is 12.0 Å². The van der Waals surface area contributed by atoms with E-state index >= 15 is 0 Å². The molecule has 1 saturated carbocycles. The summed E-state index contributed by atoms with van der Waals surface area (Å²) < 4.78 is 0. The third-order valence-electron chi connectivity index (χ3n) is 3.32. The van der Waals surface area contributed by atoms with Crippen LogP contribution in [0.5, 0.6) is 0 Å².